The number of nitrogen functional groups attached to an aromatic ring is 1. The number of anilines is 2. The third kappa shape index (κ3) is 3.54. The highest BCUT2D eigenvalue weighted by molar-refractivity contribution is 5.91. The largest absolute Gasteiger partial charge is 0.399 e. The number of halogens is 1. The van der Waals surface area contributed by atoms with E-state index in [-0.39, 0.29) is 18.0 Å². The minimum atomic E-state index is -0.502. The number of hydrogen-bond acceptors (Lipinski definition) is 3. The van der Waals surface area contributed by atoms with Crippen LogP contribution < -0.4 is 11.1 Å². The summed E-state index contributed by atoms with van der Waals surface area (Å²) in [5, 5.41) is 6.66. The van der Waals surface area contributed by atoms with Gasteiger partial charge in [-0.3, -0.25) is 9.48 Å². The van der Waals surface area contributed by atoms with E-state index in [4.69, 9.17) is 5.73 Å². The first-order chi connectivity index (χ1) is 9.04. The lowest BCUT2D eigenvalue weighted by Gasteiger charge is -2.07. The molecule has 0 radical (unpaired) electrons. The van der Waals surface area contributed by atoms with E-state index in [1.165, 1.54) is 18.2 Å². The molecule has 1 aromatic carbocycles. The molecule has 0 fully saturated rings. The van der Waals surface area contributed by atoms with Crippen LogP contribution in [-0.2, 0) is 11.3 Å². The SMILES string of the molecule is Cc1ccn(CCC(=O)Nc2cc(N)ccc2F)n1. The van der Waals surface area contributed by atoms with Crippen LogP contribution in [0.2, 0.25) is 0 Å². The molecular weight excluding hydrogens is 247 g/mol. The summed E-state index contributed by atoms with van der Waals surface area (Å²) in [6, 6.07) is 5.92. The molecule has 2 aromatic rings. The Balaban J connectivity index is 1.92. The van der Waals surface area contributed by atoms with E-state index < -0.39 is 5.82 Å². The van der Waals surface area contributed by atoms with Crippen LogP contribution in [0.5, 0.6) is 0 Å². The molecule has 0 unspecified atom stereocenters. The highest BCUT2D eigenvalue weighted by Crippen LogP contribution is 2.17. The summed E-state index contributed by atoms with van der Waals surface area (Å²) in [4.78, 5) is 11.7. The number of carbonyl (C=O) groups excluding carboxylic acids is 1. The van der Waals surface area contributed by atoms with Gasteiger partial charge in [-0.15, -0.1) is 0 Å². The number of hydrogen-bond donors (Lipinski definition) is 2. The van der Waals surface area contributed by atoms with Gasteiger partial charge < -0.3 is 11.1 Å². The van der Waals surface area contributed by atoms with Crippen LogP contribution in [0.15, 0.2) is 30.5 Å². The number of nitrogens with zero attached hydrogens (tertiary/aromatic N) is 2. The molecule has 6 heteroatoms. The Morgan fingerprint density at radius 1 is 1.47 bits per heavy atom. The predicted octanol–water partition coefficient (Wildman–Crippen LogP) is 1.94. The maximum atomic E-state index is 13.4. The van der Waals surface area contributed by atoms with Crippen molar-refractivity contribution in [1.29, 1.82) is 0 Å². The van der Waals surface area contributed by atoms with E-state index in [0.717, 1.165) is 5.69 Å². The number of amides is 1. The summed E-state index contributed by atoms with van der Waals surface area (Å²) < 4.78 is 15.1. The first kappa shape index (κ1) is 13.1. The summed E-state index contributed by atoms with van der Waals surface area (Å²) in [6.07, 6.45) is 2.01. The van der Waals surface area contributed by atoms with Crippen LogP contribution in [-0.4, -0.2) is 15.7 Å². The van der Waals surface area contributed by atoms with E-state index in [2.05, 4.69) is 10.4 Å². The molecule has 19 heavy (non-hydrogen) atoms. The second-order valence-electron chi connectivity index (χ2n) is 4.26. The first-order valence-corrected chi connectivity index (χ1v) is 5.89. The minimum absolute atomic E-state index is 0.0987. The predicted molar refractivity (Wildman–Crippen MR) is 71.0 cm³/mol. The highest BCUT2D eigenvalue weighted by atomic mass is 19.1. The summed E-state index contributed by atoms with van der Waals surface area (Å²) in [5.41, 5.74) is 6.93. The van der Waals surface area contributed by atoms with Gasteiger partial charge in [-0.25, -0.2) is 4.39 Å². The summed E-state index contributed by atoms with van der Waals surface area (Å²) in [5.74, 6) is -0.782. The molecule has 0 saturated carbocycles. The minimum Gasteiger partial charge on any atom is -0.399 e. The molecule has 1 heterocycles. The van der Waals surface area contributed by atoms with E-state index in [0.29, 0.717) is 12.2 Å². The van der Waals surface area contributed by atoms with Crippen molar-refractivity contribution in [3.63, 3.8) is 0 Å². The van der Waals surface area contributed by atoms with Gasteiger partial charge in [0.2, 0.25) is 5.91 Å². The second-order valence-corrected chi connectivity index (χ2v) is 4.26. The molecule has 0 bridgehead atoms. The van der Waals surface area contributed by atoms with Crippen molar-refractivity contribution in [3.05, 3.63) is 42.0 Å². The molecule has 0 aliphatic carbocycles. The summed E-state index contributed by atoms with van der Waals surface area (Å²) >= 11 is 0. The highest BCUT2D eigenvalue weighted by Gasteiger charge is 2.07. The van der Waals surface area contributed by atoms with E-state index in [9.17, 15) is 9.18 Å². The van der Waals surface area contributed by atoms with Gasteiger partial charge in [0.05, 0.1) is 11.4 Å². The fourth-order valence-corrected chi connectivity index (χ4v) is 1.66. The van der Waals surface area contributed by atoms with Crippen LogP contribution >= 0.6 is 0 Å². The van der Waals surface area contributed by atoms with Gasteiger partial charge in [0.15, 0.2) is 0 Å². The van der Waals surface area contributed by atoms with Crippen LogP contribution in [0, 0.1) is 12.7 Å². The van der Waals surface area contributed by atoms with Crippen LogP contribution in [0.4, 0.5) is 15.8 Å². The maximum absolute atomic E-state index is 13.4. The normalized spacial score (nSPS) is 10.4. The van der Waals surface area contributed by atoms with E-state index in [1.54, 1.807) is 10.9 Å². The zero-order chi connectivity index (χ0) is 13.8. The number of nitrogens with two attached hydrogens (primary N) is 1. The quantitative estimate of drug-likeness (QED) is 0.827. The fourth-order valence-electron chi connectivity index (χ4n) is 1.66. The molecule has 0 saturated heterocycles. The lowest BCUT2D eigenvalue weighted by Crippen LogP contribution is -2.15. The average Bonchev–Trinajstić information content (AvgIpc) is 2.77. The number of rotatable bonds is 4. The van der Waals surface area contributed by atoms with E-state index >= 15 is 0 Å². The molecule has 100 valence electrons. The molecule has 5 nitrogen and oxygen atoms in total. The van der Waals surface area contributed by atoms with Crippen LogP contribution in [0.1, 0.15) is 12.1 Å². The zero-order valence-electron chi connectivity index (χ0n) is 10.6. The molecule has 0 aliphatic rings. The molecular formula is C13H15FN4O. The van der Waals surface area contributed by atoms with Gasteiger partial charge in [0.25, 0.3) is 0 Å². The number of aromatic nitrogens is 2. The van der Waals surface area contributed by atoms with Crippen molar-refractivity contribution in [2.75, 3.05) is 11.1 Å². The second kappa shape index (κ2) is 5.51. The fraction of sp³-hybridized carbons (Fsp3) is 0.231. The van der Waals surface area contributed by atoms with Crippen molar-refractivity contribution in [1.82, 2.24) is 9.78 Å². The zero-order valence-corrected chi connectivity index (χ0v) is 10.6. The monoisotopic (exact) mass is 262 g/mol. The van der Waals surface area contributed by atoms with Crippen molar-refractivity contribution >= 4 is 17.3 Å². The van der Waals surface area contributed by atoms with Crippen molar-refractivity contribution < 1.29 is 9.18 Å². The Morgan fingerprint density at radius 2 is 2.26 bits per heavy atom. The molecule has 0 atom stereocenters. The topological polar surface area (TPSA) is 72.9 Å². The Bertz CT molecular complexity index is 594. The van der Waals surface area contributed by atoms with Gasteiger partial charge >= 0.3 is 0 Å². The third-order valence-electron chi connectivity index (χ3n) is 2.61. The van der Waals surface area contributed by atoms with Crippen LogP contribution in [0.25, 0.3) is 0 Å². The Labute approximate surface area is 110 Å². The number of nitrogens with one attached hydrogen (secondary N) is 1. The molecule has 0 aliphatic heterocycles. The van der Waals surface area contributed by atoms with Crippen molar-refractivity contribution in [2.45, 2.75) is 19.9 Å². The number of carbonyl (C=O) groups is 1. The smallest absolute Gasteiger partial charge is 0.226 e. The lowest BCUT2D eigenvalue weighted by molar-refractivity contribution is -0.116. The Kier molecular flexibility index (Phi) is 3.79. The van der Waals surface area contributed by atoms with Crippen molar-refractivity contribution in [3.8, 4) is 0 Å². The maximum Gasteiger partial charge on any atom is 0.226 e. The van der Waals surface area contributed by atoms with Gasteiger partial charge in [-0.05, 0) is 31.2 Å². The van der Waals surface area contributed by atoms with Crippen molar-refractivity contribution in [2.24, 2.45) is 0 Å². The number of benzene rings is 1. The molecule has 1 amide bonds. The lowest BCUT2D eigenvalue weighted by atomic mass is 10.2. The van der Waals surface area contributed by atoms with E-state index in [1.807, 2.05) is 13.0 Å². The van der Waals surface area contributed by atoms with Crippen LogP contribution in [0.3, 0.4) is 0 Å². The Morgan fingerprint density at radius 3 is 2.95 bits per heavy atom. The average molecular weight is 262 g/mol. The number of aryl methyl sites for hydroxylation is 2. The van der Waals surface area contributed by atoms with Gasteiger partial charge in [-0.1, -0.05) is 0 Å². The molecule has 3 N–H and O–H groups in total. The third-order valence-corrected chi connectivity index (χ3v) is 2.61. The summed E-state index contributed by atoms with van der Waals surface area (Å²) in [6.45, 7) is 2.32. The molecule has 0 spiro atoms. The van der Waals surface area contributed by atoms with Gasteiger partial charge in [0, 0.05) is 24.8 Å². The van der Waals surface area contributed by atoms with Gasteiger partial charge in [0.1, 0.15) is 5.82 Å². The molecule has 1 aromatic heterocycles. The summed E-state index contributed by atoms with van der Waals surface area (Å²) in [7, 11) is 0. The standard InChI is InChI=1S/C13H15FN4O/c1-9-4-6-18(17-9)7-5-13(19)16-12-8-10(15)2-3-11(12)14/h2-4,6,8H,5,7,15H2,1H3,(H,16,19). The van der Waals surface area contributed by atoms with Gasteiger partial charge in [-0.2, -0.15) is 5.10 Å². The first-order valence-electron chi connectivity index (χ1n) is 5.89. The molecule has 2 rings (SSSR count). The Hall–Kier alpha value is -2.37.